The molecule has 5 nitrogen and oxygen atoms in total. The van der Waals surface area contributed by atoms with E-state index < -0.39 is 5.97 Å². The zero-order valence-electron chi connectivity index (χ0n) is 11.6. The number of amides is 1. The van der Waals surface area contributed by atoms with E-state index in [-0.39, 0.29) is 11.5 Å². The molecule has 0 aliphatic carbocycles. The van der Waals surface area contributed by atoms with Gasteiger partial charge in [-0.1, -0.05) is 12.1 Å². The van der Waals surface area contributed by atoms with Crippen molar-refractivity contribution in [2.24, 2.45) is 0 Å². The summed E-state index contributed by atoms with van der Waals surface area (Å²) in [4.78, 5) is 23.0. The van der Waals surface area contributed by atoms with Gasteiger partial charge in [-0.3, -0.25) is 4.79 Å². The highest BCUT2D eigenvalue weighted by molar-refractivity contribution is 6.08. The highest BCUT2D eigenvalue weighted by Gasteiger charge is 2.11. The van der Waals surface area contributed by atoms with Crippen LogP contribution in [0.15, 0.2) is 48.5 Å². The van der Waals surface area contributed by atoms with Gasteiger partial charge in [0.1, 0.15) is 0 Å². The van der Waals surface area contributed by atoms with Gasteiger partial charge in [0.2, 0.25) is 0 Å². The fourth-order valence-corrected chi connectivity index (χ4v) is 1.92. The van der Waals surface area contributed by atoms with Crippen molar-refractivity contribution >= 4 is 23.3 Å². The molecule has 0 unspecified atom stereocenters. The van der Waals surface area contributed by atoms with Gasteiger partial charge in [0.25, 0.3) is 5.91 Å². The smallest absolute Gasteiger partial charge is 0.335 e. The molecule has 0 atom stereocenters. The third-order valence-corrected chi connectivity index (χ3v) is 2.93. The van der Waals surface area contributed by atoms with E-state index in [9.17, 15) is 9.59 Å². The van der Waals surface area contributed by atoms with Crippen LogP contribution in [0.4, 0.5) is 11.4 Å². The van der Waals surface area contributed by atoms with Gasteiger partial charge in [-0.05, 0) is 43.3 Å². The van der Waals surface area contributed by atoms with Crippen LogP contribution in [0.3, 0.4) is 0 Å². The Balaban J connectivity index is 2.16. The number of carbonyl (C=O) groups is 2. The van der Waals surface area contributed by atoms with Gasteiger partial charge in [0.15, 0.2) is 0 Å². The maximum atomic E-state index is 12.3. The Morgan fingerprint density at radius 1 is 1.05 bits per heavy atom. The number of aromatic carboxylic acids is 1. The quantitative estimate of drug-likeness (QED) is 0.788. The molecule has 0 aliphatic heterocycles. The molecule has 2 aromatic carbocycles. The van der Waals surface area contributed by atoms with Gasteiger partial charge in [-0.25, -0.2) is 4.79 Å². The standard InChI is InChI=1S/C16H16N2O3/c1-2-17-14-6-4-3-5-13(14)15(19)18-12-9-7-11(8-10-12)16(20)21/h3-10,17H,2H2,1H3,(H,18,19)(H,20,21). The maximum Gasteiger partial charge on any atom is 0.335 e. The lowest BCUT2D eigenvalue weighted by molar-refractivity contribution is 0.0696. The van der Waals surface area contributed by atoms with Crippen molar-refractivity contribution < 1.29 is 14.7 Å². The van der Waals surface area contributed by atoms with Crippen LogP contribution in [0.1, 0.15) is 27.6 Å². The van der Waals surface area contributed by atoms with Crippen molar-refractivity contribution in [2.75, 3.05) is 17.2 Å². The van der Waals surface area contributed by atoms with E-state index in [0.717, 1.165) is 12.2 Å². The van der Waals surface area contributed by atoms with Crippen molar-refractivity contribution in [3.63, 3.8) is 0 Å². The minimum Gasteiger partial charge on any atom is -0.478 e. The van der Waals surface area contributed by atoms with E-state index in [4.69, 9.17) is 5.11 Å². The van der Waals surface area contributed by atoms with E-state index in [2.05, 4.69) is 10.6 Å². The molecule has 3 N–H and O–H groups in total. The van der Waals surface area contributed by atoms with Crippen LogP contribution < -0.4 is 10.6 Å². The molecule has 0 heterocycles. The van der Waals surface area contributed by atoms with Crippen molar-refractivity contribution in [2.45, 2.75) is 6.92 Å². The Labute approximate surface area is 122 Å². The lowest BCUT2D eigenvalue weighted by Gasteiger charge is -2.11. The summed E-state index contributed by atoms with van der Waals surface area (Å²) in [6.45, 7) is 2.68. The fourth-order valence-electron chi connectivity index (χ4n) is 1.92. The third kappa shape index (κ3) is 3.60. The van der Waals surface area contributed by atoms with Gasteiger partial charge in [-0.15, -0.1) is 0 Å². The van der Waals surface area contributed by atoms with Crippen molar-refractivity contribution in [3.8, 4) is 0 Å². The normalized spacial score (nSPS) is 9.95. The summed E-state index contributed by atoms with van der Waals surface area (Å²) >= 11 is 0. The molecule has 2 rings (SSSR count). The van der Waals surface area contributed by atoms with E-state index in [1.165, 1.54) is 12.1 Å². The summed E-state index contributed by atoms with van der Waals surface area (Å²) in [6, 6.07) is 13.3. The summed E-state index contributed by atoms with van der Waals surface area (Å²) in [6.07, 6.45) is 0. The fraction of sp³-hybridized carbons (Fsp3) is 0.125. The predicted molar refractivity (Wildman–Crippen MR) is 82.0 cm³/mol. The predicted octanol–water partition coefficient (Wildman–Crippen LogP) is 3.07. The molecule has 0 aliphatic rings. The second-order valence-electron chi connectivity index (χ2n) is 4.41. The average molecular weight is 284 g/mol. The number of para-hydroxylation sites is 1. The van der Waals surface area contributed by atoms with Crippen molar-refractivity contribution in [1.82, 2.24) is 0 Å². The Kier molecular flexibility index (Phi) is 4.56. The first-order chi connectivity index (χ1) is 10.1. The number of carboxylic acid groups (broad SMARTS) is 1. The molecular formula is C16H16N2O3. The maximum absolute atomic E-state index is 12.3. The Hall–Kier alpha value is -2.82. The summed E-state index contributed by atoms with van der Waals surface area (Å²) in [5.74, 6) is -1.24. The van der Waals surface area contributed by atoms with Crippen LogP contribution >= 0.6 is 0 Å². The Morgan fingerprint density at radius 2 is 1.71 bits per heavy atom. The number of nitrogens with one attached hydrogen (secondary N) is 2. The van der Waals surface area contributed by atoms with Crippen LogP contribution in [-0.4, -0.2) is 23.5 Å². The molecule has 0 radical (unpaired) electrons. The van der Waals surface area contributed by atoms with Crippen LogP contribution in [0.25, 0.3) is 0 Å². The Morgan fingerprint density at radius 3 is 2.33 bits per heavy atom. The second-order valence-corrected chi connectivity index (χ2v) is 4.41. The molecule has 0 spiro atoms. The molecule has 5 heteroatoms. The topological polar surface area (TPSA) is 78.4 Å². The first-order valence-corrected chi connectivity index (χ1v) is 6.59. The zero-order valence-corrected chi connectivity index (χ0v) is 11.6. The molecule has 21 heavy (non-hydrogen) atoms. The number of hydrogen-bond acceptors (Lipinski definition) is 3. The van der Waals surface area contributed by atoms with Crippen molar-refractivity contribution in [3.05, 3.63) is 59.7 Å². The number of carbonyl (C=O) groups excluding carboxylic acids is 1. The lowest BCUT2D eigenvalue weighted by Crippen LogP contribution is -2.14. The summed E-state index contributed by atoms with van der Waals surface area (Å²) in [5, 5.41) is 14.7. The van der Waals surface area contributed by atoms with E-state index in [0.29, 0.717) is 11.3 Å². The van der Waals surface area contributed by atoms with E-state index in [1.807, 2.05) is 19.1 Å². The van der Waals surface area contributed by atoms with Crippen LogP contribution in [0, 0.1) is 0 Å². The summed E-state index contributed by atoms with van der Waals surface area (Å²) in [5.41, 5.74) is 2.04. The van der Waals surface area contributed by atoms with Gasteiger partial charge in [0, 0.05) is 17.9 Å². The SMILES string of the molecule is CCNc1ccccc1C(=O)Nc1ccc(C(=O)O)cc1. The molecule has 0 aromatic heterocycles. The lowest BCUT2D eigenvalue weighted by atomic mass is 10.1. The number of rotatable bonds is 5. The summed E-state index contributed by atoms with van der Waals surface area (Å²) < 4.78 is 0. The van der Waals surface area contributed by atoms with Gasteiger partial charge < -0.3 is 15.7 Å². The summed E-state index contributed by atoms with van der Waals surface area (Å²) in [7, 11) is 0. The van der Waals surface area contributed by atoms with Gasteiger partial charge in [0.05, 0.1) is 11.1 Å². The number of anilines is 2. The molecule has 0 bridgehead atoms. The minimum atomic E-state index is -0.995. The molecule has 0 saturated carbocycles. The monoisotopic (exact) mass is 284 g/mol. The van der Waals surface area contributed by atoms with Gasteiger partial charge >= 0.3 is 5.97 Å². The number of carboxylic acids is 1. The van der Waals surface area contributed by atoms with Crippen LogP contribution in [0.2, 0.25) is 0 Å². The highest BCUT2D eigenvalue weighted by Crippen LogP contribution is 2.17. The van der Waals surface area contributed by atoms with E-state index in [1.54, 1.807) is 24.3 Å². The zero-order chi connectivity index (χ0) is 15.2. The molecule has 1 amide bonds. The number of hydrogen-bond donors (Lipinski definition) is 3. The first-order valence-electron chi connectivity index (χ1n) is 6.59. The molecule has 0 fully saturated rings. The van der Waals surface area contributed by atoms with Crippen molar-refractivity contribution in [1.29, 1.82) is 0 Å². The van der Waals surface area contributed by atoms with Crippen LogP contribution in [-0.2, 0) is 0 Å². The average Bonchev–Trinajstić information content (AvgIpc) is 2.48. The highest BCUT2D eigenvalue weighted by atomic mass is 16.4. The largest absolute Gasteiger partial charge is 0.478 e. The minimum absolute atomic E-state index is 0.182. The number of benzene rings is 2. The molecular weight excluding hydrogens is 268 g/mol. The van der Waals surface area contributed by atoms with E-state index >= 15 is 0 Å². The Bertz CT molecular complexity index is 651. The van der Waals surface area contributed by atoms with Crippen LogP contribution in [0.5, 0.6) is 0 Å². The molecule has 108 valence electrons. The third-order valence-electron chi connectivity index (χ3n) is 2.93. The second kappa shape index (κ2) is 6.56. The molecule has 0 saturated heterocycles. The first kappa shape index (κ1) is 14.6. The molecule has 2 aromatic rings. The van der Waals surface area contributed by atoms with Gasteiger partial charge in [-0.2, -0.15) is 0 Å².